The average molecular weight is 274 g/mol. The van der Waals surface area contributed by atoms with Gasteiger partial charge in [-0.15, -0.1) is 0 Å². The number of benzene rings is 1. The first-order chi connectivity index (χ1) is 9.74. The first-order valence-corrected chi connectivity index (χ1v) is 6.27. The van der Waals surface area contributed by atoms with Crippen molar-refractivity contribution in [1.29, 1.82) is 0 Å². The van der Waals surface area contributed by atoms with Gasteiger partial charge in [0.2, 0.25) is 0 Å². The average Bonchev–Trinajstić information content (AvgIpc) is 2.88. The zero-order valence-electron chi connectivity index (χ0n) is 10.7. The Balaban J connectivity index is 1.86. The number of nitrogens with two attached hydrogens (primary N) is 1. The van der Waals surface area contributed by atoms with E-state index in [0.717, 1.165) is 6.42 Å². The van der Waals surface area contributed by atoms with E-state index in [4.69, 9.17) is 19.6 Å². The fourth-order valence-electron chi connectivity index (χ4n) is 1.92. The summed E-state index contributed by atoms with van der Waals surface area (Å²) < 4.78 is 16.0. The quantitative estimate of drug-likeness (QED) is 0.820. The second-order valence-corrected chi connectivity index (χ2v) is 4.40. The molecule has 0 radical (unpaired) electrons. The van der Waals surface area contributed by atoms with Crippen LogP contribution in [-0.4, -0.2) is 19.1 Å². The third-order valence-corrected chi connectivity index (χ3v) is 2.95. The molecule has 1 aliphatic heterocycles. The van der Waals surface area contributed by atoms with Gasteiger partial charge in [-0.3, -0.25) is 4.79 Å². The van der Waals surface area contributed by atoms with Crippen molar-refractivity contribution in [2.75, 3.05) is 24.3 Å². The number of furan rings is 1. The van der Waals surface area contributed by atoms with Crippen LogP contribution in [0.2, 0.25) is 0 Å². The van der Waals surface area contributed by atoms with Crippen LogP contribution in [0, 0.1) is 0 Å². The van der Waals surface area contributed by atoms with Crippen molar-refractivity contribution in [2.45, 2.75) is 6.42 Å². The first kappa shape index (κ1) is 12.4. The van der Waals surface area contributed by atoms with E-state index in [9.17, 15) is 4.79 Å². The molecule has 3 N–H and O–H groups in total. The molecule has 20 heavy (non-hydrogen) atoms. The van der Waals surface area contributed by atoms with Gasteiger partial charge < -0.3 is 24.9 Å². The molecular weight excluding hydrogens is 260 g/mol. The van der Waals surface area contributed by atoms with E-state index < -0.39 is 0 Å². The third kappa shape index (κ3) is 2.40. The number of nitrogen functional groups attached to an aromatic ring is 1. The molecule has 2 heterocycles. The predicted molar refractivity (Wildman–Crippen MR) is 73.1 cm³/mol. The van der Waals surface area contributed by atoms with Gasteiger partial charge in [0.05, 0.1) is 36.4 Å². The lowest BCUT2D eigenvalue weighted by Gasteiger charge is -2.12. The monoisotopic (exact) mass is 274 g/mol. The van der Waals surface area contributed by atoms with Gasteiger partial charge in [-0.05, 0) is 6.07 Å². The van der Waals surface area contributed by atoms with Crippen molar-refractivity contribution in [3.05, 3.63) is 36.3 Å². The Hall–Kier alpha value is -2.63. The van der Waals surface area contributed by atoms with E-state index in [0.29, 0.717) is 41.7 Å². The number of carbonyl (C=O) groups excluding carboxylic acids is 1. The first-order valence-electron chi connectivity index (χ1n) is 6.27. The summed E-state index contributed by atoms with van der Waals surface area (Å²) in [5.74, 6) is 0.889. The maximum Gasteiger partial charge on any atom is 0.258 e. The molecule has 0 aliphatic carbocycles. The van der Waals surface area contributed by atoms with Crippen LogP contribution in [0.25, 0.3) is 0 Å². The topological polar surface area (TPSA) is 86.7 Å². The third-order valence-electron chi connectivity index (χ3n) is 2.95. The second kappa shape index (κ2) is 5.16. The second-order valence-electron chi connectivity index (χ2n) is 4.40. The zero-order chi connectivity index (χ0) is 13.9. The minimum atomic E-state index is -0.292. The predicted octanol–water partition coefficient (Wildman–Crippen LogP) is 2.28. The SMILES string of the molecule is Nc1cc2c(cc1NC(=O)c1ccoc1)OCCCO2. The van der Waals surface area contributed by atoms with E-state index in [1.807, 2.05) is 0 Å². The maximum absolute atomic E-state index is 12.0. The lowest BCUT2D eigenvalue weighted by Crippen LogP contribution is -2.12. The van der Waals surface area contributed by atoms with E-state index in [-0.39, 0.29) is 5.91 Å². The summed E-state index contributed by atoms with van der Waals surface area (Å²) in [7, 11) is 0. The fourth-order valence-corrected chi connectivity index (χ4v) is 1.92. The van der Waals surface area contributed by atoms with Gasteiger partial charge in [-0.2, -0.15) is 0 Å². The molecule has 1 aromatic heterocycles. The zero-order valence-corrected chi connectivity index (χ0v) is 10.7. The number of amides is 1. The molecule has 0 fully saturated rings. The van der Waals surface area contributed by atoms with E-state index >= 15 is 0 Å². The molecule has 3 rings (SSSR count). The molecule has 1 aromatic carbocycles. The van der Waals surface area contributed by atoms with E-state index in [1.54, 1.807) is 18.2 Å². The van der Waals surface area contributed by atoms with Crippen molar-refractivity contribution in [3.63, 3.8) is 0 Å². The molecule has 1 amide bonds. The summed E-state index contributed by atoms with van der Waals surface area (Å²) in [6.07, 6.45) is 3.62. The van der Waals surface area contributed by atoms with Crippen LogP contribution in [0.5, 0.6) is 11.5 Å². The number of hydrogen-bond donors (Lipinski definition) is 2. The summed E-state index contributed by atoms with van der Waals surface area (Å²) in [6, 6.07) is 4.91. The van der Waals surface area contributed by atoms with E-state index in [2.05, 4.69) is 5.32 Å². The van der Waals surface area contributed by atoms with Crippen LogP contribution in [0.15, 0.2) is 35.1 Å². The number of nitrogens with one attached hydrogen (secondary N) is 1. The minimum Gasteiger partial charge on any atom is -0.489 e. The van der Waals surface area contributed by atoms with Crippen LogP contribution in [0.4, 0.5) is 11.4 Å². The highest BCUT2D eigenvalue weighted by Crippen LogP contribution is 2.36. The summed E-state index contributed by atoms with van der Waals surface area (Å²) in [5.41, 5.74) is 7.26. The highest BCUT2D eigenvalue weighted by molar-refractivity contribution is 6.05. The maximum atomic E-state index is 12.0. The number of hydrogen-bond acceptors (Lipinski definition) is 5. The Bertz CT molecular complexity index is 622. The smallest absolute Gasteiger partial charge is 0.258 e. The standard InChI is InChI=1S/C14H14N2O4/c15-10-6-12-13(20-4-1-3-19-12)7-11(10)16-14(17)9-2-5-18-8-9/h2,5-8H,1,3-4,15H2,(H,16,17). The van der Waals surface area contributed by atoms with Gasteiger partial charge >= 0.3 is 0 Å². The van der Waals surface area contributed by atoms with Crippen molar-refractivity contribution in [3.8, 4) is 11.5 Å². The minimum absolute atomic E-state index is 0.292. The van der Waals surface area contributed by atoms with Crippen molar-refractivity contribution in [1.82, 2.24) is 0 Å². The molecular formula is C14H14N2O4. The normalized spacial score (nSPS) is 13.6. The van der Waals surface area contributed by atoms with Gasteiger partial charge in [0, 0.05) is 18.6 Å². The van der Waals surface area contributed by atoms with Crippen molar-refractivity contribution < 1.29 is 18.7 Å². The van der Waals surface area contributed by atoms with Gasteiger partial charge in [-0.1, -0.05) is 0 Å². The van der Waals surface area contributed by atoms with Gasteiger partial charge in [0.1, 0.15) is 6.26 Å². The van der Waals surface area contributed by atoms with Gasteiger partial charge in [0.15, 0.2) is 11.5 Å². The molecule has 1 aliphatic rings. The summed E-state index contributed by atoms with van der Waals surface area (Å²) in [4.78, 5) is 12.0. The van der Waals surface area contributed by atoms with Crippen LogP contribution in [0.3, 0.4) is 0 Å². The Kier molecular flexibility index (Phi) is 3.20. The molecule has 2 aromatic rings. The number of rotatable bonds is 2. The van der Waals surface area contributed by atoms with Crippen LogP contribution in [0.1, 0.15) is 16.8 Å². The summed E-state index contributed by atoms with van der Waals surface area (Å²) in [5, 5.41) is 2.72. The molecule has 6 nitrogen and oxygen atoms in total. The molecule has 0 unspecified atom stereocenters. The Morgan fingerprint density at radius 3 is 2.65 bits per heavy atom. The fraction of sp³-hybridized carbons (Fsp3) is 0.214. The van der Waals surface area contributed by atoms with Crippen LogP contribution >= 0.6 is 0 Å². The van der Waals surface area contributed by atoms with Crippen LogP contribution < -0.4 is 20.5 Å². The van der Waals surface area contributed by atoms with Gasteiger partial charge in [-0.25, -0.2) is 0 Å². The number of ether oxygens (including phenoxy) is 2. The largest absolute Gasteiger partial charge is 0.489 e. The lowest BCUT2D eigenvalue weighted by molar-refractivity contribution is 0.102. The van der Waals surface area contributed by atoms with Crippen LogP contribution in [-0.2, 0) is 0 Å². The molecule has 0 atom stereocenters. The molecule has 0 bridgehead atoms. The lowest BCUT2D eigenvalue weighted by atomic mass is 10.2. The van der Waals surface area contributed by atoms with E-state index in [1.165, 1.54) is 12.5 Å². The van der Waals surface area contributed by atoms with Crippen molar-refractivity contribution in [2.24, 2.45) is 0 Å². The number of fused-ring (bicyclic) bond motifs is 1. The molecule has 104 valence electrons. The highest BCUT2D eigenvalue weighted by atomic mass is 16.5. The Labute approximate surface area is 115 Å². The number of carbonyl (C=O) groups is 1. The molecule has 0 saturated heterocycles. The van der Waals surface area contributed by atoms with Crippen molar-refractivity contribution >= 4 is 17.3 Å². The van der Waals surface area contributed by atoms with Gasteiger partial charge in [0.25, 0.3) is 5.91 Å². The highest BCUT2D eigenvalue weighted by Gasteiger charge is 2.16. The molecule has 6 heteroatoms. The Morgan fingerprint density at radius 1 is 1.20 bits per heavy atom. The summed E-state index contributed by atoms with van der Waals surface area (Å²) >= 11 is 0. The molecule has 0 spiro atoms. The summed E-state index contributed by atoms with van der Waals surface area (Å²) in [6.45, 7) is 1.17. The number of anilines is 2. The Morgan fingerprint density at radius 2 is 1.95 bits per heavy atom. The molecule has 0 saturated carbocycles.